The predicted octanol–water partition coefficient (Wildman–Crippen LogP) is 0.561. The van der Waals surface area contributed by atoms with Gasteiger partial charge in [-0.05, 0) is 18.2 Å². The van der Waals surface area contributed by atoms with Crippen LogP contribution in [0.3, 0.4) is 0 Å². The van der Waals surface area contributed by atoms with Crippen molar-refractivity contribution in [3.8, 4) is 0 Å². The summed E-state index contributed by atoms with van der Waals surface area (Å²) in [5.74, 6) is 0.0458. The normalized spacial score (nSPS) is 28.4. The molecule has 0 saturated carbocycles. The highest BCUT2D eigenvalue weighted by Gasteiger charge is 2.35. The molecule has 0 aliphatic carbocycles. The predicted molar refractivity (Wildman–Crippen MR) is 60.8 cm³/mol. The number of hydrogen-bond donors (Lipinski definition) is 1. The zero-order valence-corrected chi connectivity index (χ0v) is 9.66. The number of nitrogens with two attached hydrogens (primary N) is 1. The Morgan fingerprint density at radius 2 is 2.38 bits per heavy atom. The van der Waals surface area contributed by atoms with Crippen molar-refractivity contribution < 1.29 is 14.3 Å². The maximum absolute atomic E-state index is 11.8. The topological polar surface area (TPSA) is 72.6 Å². The second kappa shape index (κ2) is 4.99. The fourth-order valence-corrected chi connectivity index (χ4v) is 2.66. The molecule has 16 heavy (non-hydrogen) atoms. The Balaban J connectivity index is 2.07. The van der Waals surface area contributed by atoms with Gasteiger partial charge >= 0.3 is 0 Å². The average molecular weight is 242 g/mol. The van der Waals surface area contributed by atoms with Crippen LogP contribution in [0.15, 0.2) is 11.0 Å². The van der Waals surface area contributed by atoms with Crippen molar-refractivity contribution in [3.05, 3.63) is 11.0 Å². The quantitative estimate of drug-likeness (QED) is 0.732. The lowest BCUT2D eigenvalue weighted by atomic mass is 10.1. The molecule has 0 bridgehead atoms. The molecule has 0 radical (unpaired) electrons. The van der Waals surface area contributed by atoms with Gasteiger partial charge in [-0.25, -0.2) is 0 Å². The molecule has 2 saturated heterocycles. The van der Waals surface area contributed by atoms with E-state index in [0.29, 0.717) is 24.6 Å². The van der Waals surface area contributed by atoms with Gasteiger partial charge in [0.2, 0.25) is 0 Å². The number of nitrogens with zero attached hydrogens (tertiary/aromatic N) is 1. The Morgan fingerprint density at radius 3 is 3.00 bits per heavy atom. The summed E-state index contributed by atoms with van der Waals surface area (Å²) in [7, 11) is 0. The van der Waals surface area contributed by atoms with Crippen LogP contribution < -0.4 is 5.73 Å². The third-order valence-corrected chi connectivity index (χ3v) is 3.50. The molecule has 0 spiro atoms. The van der Waals surface area contributed by atoms with Crippen LogP contribution in [0, 0.1) is 5.92 Å². The Labute approximate surface area is 98.0 Å². The Hall–Kier alpha value is -0.850. The van der Waals surface area contributed by atoms with Crippen LogP contribution in [0.2, 0.25) is 0 Å². The molecule has 5 nitrogen and oxygen atoms in total. The summed E-state index contributed by atoms with van der Waals surface area (Å²) < 4.78 is 5.22. The van der Waals surface area contributed by atoms with Crippen LogP contribution >= 0.6 is 11.8 Å². The molecule has 0 aromatic heterocycles. The van der Waals surface area contributed by atoms with Crippen molar-refractivity contribution in [1.82, 2.24) is 4.90 Å². The molecular formula is C10H14N2O3S. The first-order valence-corrected chi connectivity index (χ1v) is 6.07. The molecule has 2 amide bonds. The minimum Gasteiger partial charge on any atom is -0.381 e. The minimum absolute atomic E-state index is 0.215. The molecule has 2 rings (SSSR count). The van der Waals surface area contributed by atoms with Gasteiger partial charge in [-0.1, -0.05) is 6.08 Å². The van der Waals surface area contributed by atoms with Gasteiger partial charge in [0, 0.05) is 25.6 Å². The van der Waals surface area contributed by atoms with Gasteiger partial charge in [0.25, 0.3) is 11.1 Å². The summed E-state index contributed by atoms with van der Waals surface area (Å²) in [5.41, 5.74) is 5.35. The van der Waals surface area contributed by atoms with Crippen LogP contribution in [0.1, 0.15) is 6.42 Å². The lowest BCUT2D eigenvalue weighted by molar-refractivity contribution is -0.122. The van der Waals surface area contributed by atoms with Crippen LogP contribution in [0.5, 0.6) is 0 Å². The number of thioether (sulfide) groups is 1. The van der Waals surface area contributed by atoms with Crippen LogP contribution in [0.4, 0.5) is 4.79 Å². The van der Waals surface area contributed by atoms with E-state index in [-0.39, 0.29) is 17.1 Å². The summed E-state index contributed by atoms with van der Waals surface area (Å²) in [5, 5.41) is -0.222. The third kappa shape index (κ3) is 2.28. The number of hydrogen-bond acceptors (Lipinski definition) is 5. The molecule has 2 heterocycles. The molecule has 0 aromatic rings. The molecule has 2 fully saturated rings. The van der Waals surface area contributed by atoms with Crippen molar-refractivity contribution >= 4 is 22.9 Å². The maximum atomic E-state index is 11.8. The number of carbonyl (C=O) groups is 2. The smallest absolute Gasteiger partial charge is 0.293 e. The highest BCUT2D eigenvalue weighted by molar-refractivity contribution is 8.18. The largest absolute Gasteiger partial charge is 0.381 e. The van der Waals surface area contributed by atoms with E-state index in [2.05, 4.69) is 0 Å². The summed E-state index contributed by atoms with van der Waals surface area (Å²) in [6, 6.07) is 0. The summed E-state index contributed by atoms with van der Waals surface area (Å²) in [6.45, 7) is 1.97. The second-order valence-electron chi connectivity index (χ2n) is 3.77. The highest BCUT2D eigenvalue weighted by Crippen LogP contribution is 2.32. The van der Waals surface area contributed by atoms with Gasteiger partial charge in [0.15, 0.2) is 0 Å². The van der Waals surface area contributed by atoms with Crippen LogP contribution in [-0.2, 0) is 9.53 Å². The molecular weight excluding hydrogens is 228 g/mol. The van der Waals surface area contributed by atoms with E-state index in [1.165, 1.54) is 4.90 Å². The fraction of sp³-hybridized carbons (Fsp3) is 0.600. The van der Waals surface area contributed by atoms with Gasteiger partial charge in [-0.2, -0.15) is 0 Å². The highest BCUT2D eigenvalue weighted by atomic mass is 32.2. The second-order valence-corrected chi connectivity index (χ2v) is 4.76. The van der Waals surface area contributed by atoms with E-state index >= 15 is 0 Å². The monoisotopic (exact) mass is 242 g/mol. The van der Waals surface area contributed by atoms with Gasteiger partial charge in [-0.15, -0.1) is 0 Å². The molecule has 0 aromatic carbocycles. The molecule has 6 heteroatoms. The summed E-state index contributed by atoms with van der Waals surface area (Å²) >= 11 is 0.996. The SMILES string of the molecule is NCCN1C(=O)S/C(=C/C2CCOC2)C1=O. The van der Waals surface area contributed by atoms with Gasteiger partial charge in [-0.3, -0.25) is 14.5 Å². The number of imide groups is 1. The van der Waals surface area contributed by atoms with Gasteiger partial charge in [0.1, 0.15) is 0 Å². The van der Waals surface area contributed by atoms with E-state index in [4.69, 9.17) is 10.5 Å². The Bertz CT molecular complexity index is 337. The zero-order chi connectivity index (χ0) is 11.5. The Morgan fingerprint density at radius 1 is 1.56 bits per heavy atom. The Kier molecular flexibility index (Phi) is 3.63. The van der Waals surface area contributed by atoms with Crippen molar-refractivity contribution in [3.63, 3.8) is 0 Å². The lowest BCUT2D eigenvalue weighted by Crippen LogP contribution is -2.33. The van der Waals surface area contributed by atoms with E-state index in [1.54, 1.807) is 0 Å². The van der Waals surface area contributed by atoms with Crippen molar-refractivity contribution in [1.29, 1.82) is 0 Å². The number of amides is 2. The van der Waals surface area contributed by atoms with Crippen molar-refractivity contribution in [2.24, 2.45) is 11.7 Å². The first-order chi connectivity index (χ1) is 7.72. The molecule has 2 aliphatic heterocycles. The number of ether oxygens (including phenoxy) is 1. The van der Waals surface area contributed by atoms with Crippen LogP contribution in [0.25, 0.3) is 0 Å². The lowest BCUT2D eigenvalue weighted by Gasteiger charge is -2.09. The number of rotatable bonds is 3. The minimum atomic E-state index is -0.222. The standard InChI is InChI=1S/C10H14N2O3S/c11-2-3-12-9(13)8(16-10(12)14)5-7-1-4-15-6-7/h5,7H,1-4,6,11H2/b8-5+. The van der Waals surface area contributed by atoms with E-state index in [0.717, 1.165) is 24.8 Å². The average Bonchev–Trinajstić information content (AvgIpc) is 2.84. The molecule has 2 N–H and O–H groups in total. The number of carbonyl (C=O) groups excluding carboxylic acids is 2. The zero-order valence-electron chi connectivity index (χ0n) is 8.85. The molecule has 1 atom stereocenters. The van der Waals surface area contributed by atoms with Crippen molar-refractivity contribution in [2.75, 3.05) is 26.3 Å². The third-order valence-electron chi connectivity index (χ3n) is 2.58. The van der Waals surface area contributed by atoms with Gasteiger partial charge in [0.05, 0.1) is 11.5 Å². The van der Waals surface area contributed by atoms with E-state index in [9.17, 15) is 9.59 Å². The summed E-state index contributed by atoms with van der Waals surface area (Å²) in [6.07, 6.45) is 2.77. The first kappa shape index (κ1) is 11.6. The molecule has 88 valence electrons. The molecule has 2 aliphatic rings. The van der Waals surface area contributed by atoms with Crippen LogP contribution in [-0.4, -0.2) is 42.3 Å². The van der Waals surface area contributed by atoms with Gasteiger partial charge < -0.3 is 10.5 Å². The first-order valence-electron chi connectivity index (χ1n) is 5.25. The fourth-order valence-electron chi connectivity index (χ4n) is 1.73. The molecule has 1 unspecified atom stereocenters. The van der Waals surface area contributed by atoms with E-state index in [1.807, 2.05) is 6.08 Å². The van der Waals surface area contributed by atoms with E-state index < -0.39 is 0 Å². The summed E-state index contributed by atoms with van der Waals surface area (Å²) in [4.78, 5) is 25.0. The van der Waals surface area contributed by atoms with Crippen molar-refractivity contribution in [2.45, 2.75) is 6.42 Å². The maximum Gasteiger partial charge on any atom is 0.293 e.